The van der Waals surface area contributed by atoms with Gasteiger partial charge < -0.3 is 30.3 Å². The summed E-state index contributed by atoms with van der Waals surface area (Å²) in [6.45, 7) is 1.20. The van der Waals surface area contributed by atoms with Gasteiger partial charge in [0.1, 0.15) is 24.6 Å². The zero-order valence-corrected chi connectivity index (χ0v) is 23.9. The van der Waals surface area contributed by atoms with E-state index in [1.165, 1.54) is 17.7 Å². The van der Waals surface area contributed by atoms with Gasteiger partial charge in [0.05, 0.1) is 34.1 Å². The number of fused-ring (bicyclic) bond motifs is 2. The molecule has 2 heterocycles. The Labute approximate surface area is 246 Å². The molecule has 5 rings (SSSR count). The molecule has 3 N–H and O–H groups in total. The van der Waals surface area contributed by atoms with Crippen LogP contribution in [0.4, 0.5) is 44.7 Å². The lowest BCUT2D eigenvalue weighted by atomic mass is 10.2. The second-order valence-electron chi connectivity index (χ2n) is 9.49. The van der Waals surface area contributed by atoms with Gasteiger partial charge in [0.15, 0.2) is 16.6 Å². The highest BCUT2D eigenvalue weighted by Gasteiger charge is 2.31. The maximum absolute atomic E-state index is 14.0. The van der Waals surface area contributed by atoms with Crippen molar-refractivity contribution in [2.45, 2.75) is 6.18 Å². The van der Waals surface area contributed by atoms with Crippen LogP contribution >= 0.6 is 11.3 Å². The summed E-state index contributed by atoms with van der Waals surface area (Å²) in [5.41, 5.74) is -0.104. The molecular formula is C28H25F4N7O3S. The van der Waals surface area contributed by atoms with E-state index in [1.54, 1.807) is 37.4 Å². The largest absolute Gasteiger partial charge is 0.493 e. The molecule has 0 spiro atoms. The van der Waals surface area contributed by atoms with Crippen LogP contribution in [-0.4, -0.2) is 60.2 Å². The molecule has 0 saturated heterocycles. The normalized spacial score (nSPS) is 11.6. The first-order valence-corrected chi connectivity index (χ1v) is 13.5. The number of thiazole rings is 1. The first-order valence-electron chi connectivity index (χ1n) is 12.7. The van der Waals surface area contributed by atoms with Crippen LogP contribution in [0.1, 0.15) is 5.56 Å². The Hall–Kier alpha value is -4.76. The number of urea groups is 1. The quantitative estimate of drug-likeness (QED) is 0.156. The predicted octanol–water partition coefficient (Wildman–Crippen LogP) is 6.73. The monoisotopic (exact) mass is 615 g/mol. The summed E-state index contributed by atoms with van der Waals surface area (Å²) in [6, 6.07) is 9.30. The third-order valence-corrected chi connectivity index (χ3v) is 7.06. The molecule has 15 heteroatoms. The highest BCUT2D eigenvalue weighted by atomic mass is 32.1. The lowest BCUT2D eigenvalue weighted by Gasteiger charge is -2.15. The van der Waals surface area contributed by atoms with Crippen LogP contribution in [0, 0.1) is 5.82 Å². The molecule has 0 saturated carbocycles. The molecule has 0 unspecified atom stereocenters. The zero-order valence-electron chi connectivity index (χ0n) is 23.0. The van der Waals surface area contributed by atoms with Crippen LogP contribution in [-0.2, 0) is 6.18 Å². The van der Waals surface area contributed by atoms with Gasteiger partial charge in [-0.1, -0.05) is 11.3 Å². The van der Waals surface area contributed by atoms with Gasteiger partial charge in [-0.25, -0.2) is 24.1 Å². The van der Waals surface area contributed by atoms with Gasteiger partial charge in [-0.2, -0.15) is 13.2 Å². The molecule has 2 aromatic heterocycles. The number of alkyl halides is 3. The van der Waals surface area contributed by atoms with Crippen LogP contribution in [0.15, 0.2) is 54.9 Å². The second-order valence-corrected chi connectivity index (χ2v) is 10.5. The van der Waals surface area contributed by atoms with Crippen LogP contribution in [0.25, 0.3) is 21.1 Å². The summed E-state index contributed by atoms with van der Waals surface area (Å²) < 4.78 is 65.1. The Bertz CT molecular complexity index is 1800. The lowest BCUT2D eigenvalue weighted by molar-refractivity contribution is -0.137. The third-order valence-electron chi connectivity index (χ3n) is 6.13. The van der Waals surface area contributed by atoms with E-state index in [4.69, 9.17) is 9.47 Å². The van der Waals surface area contributed by atoms with Gasteiger partial charge in [0.25, 0.3) is 0 Å². The lowest BCUT2D eigenvalue weighted by Crippen LogP contribution is -2.20. The molecule has 0 aliphatic carbocycles. The fraction of sp³-hybridized carbons (Fsp3) is 0.214. The molecule has 0 aliphatic rings. The molecule has 0 fully saturated rings. The number of anilines is 4. The number of amides is 2. The smallest absolute Gasteiger partial charge is 0.416 e. The Morgan fingerprint density at radius 2 is 1.81 bits per heavy atom. The average Bonchev–Trinajstić information content (AvgIpc) is 3.34. The van der Waals surface area contributed by atoms with Crippen LogP contribution in [0.3, 0.4) is 0 Å². The van der Waals surface area contributed by atoms with Gasteiger partial charge in [-0.15, -0.1) is 0 Å². The fourth-order valence-electron chi connectivity index (χ4n) is 4.01. The maximum Gasteiger partial charge on any atom is 0.416 e. The van der Waals surface area contributed by atoms with E-state index >= 15 is 0 Å². The first-order chi connectivity index (χ1) is 20.5. The Kier molecular flexibility index (Phi) is 8.45. The topological polar surface area (TPSA) is 114 Å². The van der Waals surface area contributed by atoms with Crippen molar-refractivity contribution in [2.75, 3.05) is 50.3 Å². The molecule has 3 aromatic carbocycles. The number of aromatic nitrogens is 3. The molecule has 10 nitrogen and oxygen atoms in total. The molecular weight excluding hydrogens is 590 g/mol. The van der Waals surface area contributed by atoms with Gasteiger partial charge in [-0.3, -0.25) is 0 Å². The van der Waals surface area contributed by atoms with Crippen molar-refractivity contribution in [3.63, 3.8) is 0 Å². The van der Waals surface area contributed by atoms with E-state index in [2.05, 4.69) is 30.9 Å². The van der Waals surface area contributed by atoms with Crippen molar-refractivity contribution in [3.8, 4) is 11.5 Å². The molecule has 43 heavy (non-hydrogen) atoms. The molecule has 0 radical (unpaired) electrons. The SMILES string of the molecule is COc1cc2c(Nc3nc4ccc(NC(=O)Nc5cc(C(F)(F)F)ccc5F)cc4s3)ncnc2cc1OCCN(C)C. The number of nitrogens with one attached hydrogen (secondary N) is 3. The summed E-state index contributed by atoms with van der Waals surface area (Å²) in [7, 11) is 5.46. The molecule has 2 amide bonds. The number of carbonyl (C=O) groups is 1. The van der Waals surface area contributed by atoms with Crippen LogP contribution < -0.4 is 25.4 Å². The number of likely N-dealkylation sites (N-methyl/N-ethyl adjacent to an activating group) is 1. The Morgan fingerprint density at radius 1 is 1.00 bits per heavy atom. The Balaban J connectivity index is 1.32. The summed E-state index contributed by atoms with van der Waals surface area (Å²) in [4.78, 5) is 27.7. The van der Waals surface area contributed by atoms with Gasteiger partial charge in [0.2, 0.25) is 0 Å². The minimum Gasteiger partial charge on any atom is -0.493 e. The number of methoxy groups -OCH3 is 1. The van der Waals surface area contributed by atoms with Crippen molar-refractivity contribution in [3.05, 3.63) is 66.2 Å². The standard InChI is InChI=1S/C28H25F4N7O3S/c1-39(2)8-9-42-23-13-20-17(12-22(23)41-3)25(34-14-33-20)38-27-37-19-7-5-16(11-24(19)43-27)35-26(40)36-21-10-15(28(30,31)32)4-6-18(21)29/h4-7,10-14H,8-9H2,1-3H3,(H2,35,36,40)(H,33,34,37,38). The summed E-state index contributed by atoms with van der Waals surface area (Å²) in [5, 5.41) is 9.01. The van der Waals surface area contributed by atoms with Crippen molar-refractivity contribution in [2.24, 2.45) is 0 Å². The Morgan fingerprint density at radius 3 is 2.56 bits per heavy atom. The first kappa shape index (κ1) is 29.7. The van der Waals surface area contributed by atoms with Crippen LogP contribution in [0.2, 0.25) is 0 Å². The third kappa shape index (κ3) is 7.01. The highest BCUT2D eigenvalue weighted by molar-refractivity contribution is 7.22. The van der Waals surface area contributed by atoms with Crippen molar-refractivity contribution < 1.29 is 31.8 Å². The van der Waals surface area contributed by atoms with Gasteiger partial charge in [0, 0.05) is 23.7 Å². The van der Waals surface area contributed by atoms with Crippen molar-refractivity contribution in [1.82, 2.24) is 19.9 Å². The summed E-state index contributed by atoms with van der Waals surface area (Å²) >= 11 is 1.28. The van der Waals surface area contributed by atoms with Gasteiger partial charge >= 0.3 is 12.2 Å². The number of nitrogens with zero attached hydrogens (tertiary/aromatic N) is 4. The fourth-order valence-corrected chi connectivity index (χ4v) is 4.92. The number of benzene rings is 3. The molecule has 0 aliphatic heterocycles. The number of ether oxygens (including phenoxy) is 2. The van der Waals surface area contributed by atoms with Crippen molar-refractivity contribution in [1.29, 1.82) is 0 Å². The minimum absolute atomic E-state index is 0.326. The summed E-state index contributed by atoms with van der Waals surface area (Å²) in [5.74, 6) is 0.566. The molecule has 5 aromatic rings. The minimum atomic E-state index is -4.68. The van der Waals surface area contributed by atoms with E-state index < -0.39 is 29.3 Å². The number of carbonyl (C=O) groups excluding carboxylic acids is 1. The number of hydrogen-bond donors (Lipinski definition) is 3. The molecule has 224 valence electrons. The number of hydrogen-bond acceptors (Lipinski definition) is 9. The molecule has 0 bridgehead atoms. The van der Waals surface area contributed by atoms with E-state index in [9.17, 15) is 22.4 Å². The van der Waals surface area contributed by atoms with Crippen molar-refractivity contribution >= 4 is 60.8 Å². The summed E-state index contributed by atoms with van der Waals surface area (Å²) in [6.07, 6.45) is -3.27. The number of halogens is 4. The maximum atomic E-state index is 14.0. The molecule has 0 atom stereocenters. The van der Waals surface area contributed by atoms with E-state index in [0.29, 0.717) is 74.1 Å². The van der Waals surface area contributed by atoms with E-state index in [1.807, 2.05) is 19.0 Å². The van der Waals surface area contributed by atoms with Gasteiger partial charge in [-0.05, 0) is 56.6 Å². The second kappa shape index (κ2) is 12.2. The van der Waals surface area contributed by atoms with E-state index in [0.717, 1.165) is 6.54 Å². The van der Waals surface area contributed by atoms with Crippen LogP contribution in [0.5, 0.6) is 11.5 Å². The highest BCUT2D eigenvalue weighted by Crippen LogP contribution is 2.36. The predicted molar refractivity (Wildman–Crippen MR) is 157 cm³/mol. The average molecular weight is 616 g/mol. The van der Waals surface area contributed by atoms with E-state index in [-0.39, 0.29) is 0 Å². The zero-order chi connectivity index (χ0) is 30.7. The number of rotatable bonds is 9.